The highest BCUT2D eigenvalue weighted by Crippen LogP contribution is 2.66. The lowest BCUT2D eigenvalue weighted by Crippen LogP contribution is -2.16. The second kappa shape index (κ2) is 11.8. The monoisotopic (exact) mass is 613 g/mol. The smallest absolute Gasteiger partial charge is 0.164 e. The predicted molar refractivity (Wildman–Crippen MR) is 187 cm³/mol. The molecule has 7 aromatic rings. The molecule has 0 bridgehead atoms. The molecule has 0 N–H and O–H groups in total. The van der Waals surface area contributed by atoms with Crippen molar-refractivity contribution in [3.63, 3.8) is 0 Å². The lowest BCUT2D eigenvalue weighted by atomic mass is 10.0. The van der Waals surface area contributed by atoms with Crippen LogP contribution in [-0.4, -0.2) is 15.0 Å². The third kappa shape index (κ3) is 5.24. The molecule has 3 nitrogen and oxygen atoms in total. The quantitative estimate of drug-likeness (QED) is 0.187. The summed E-state index contributed by atoms with van der Waals surface area (Å²) >= 11 is 3.87. The fourth-order valence-corrected chi connectivity index (χ4v) is 9.06. The van der Waals surface area contributed by atoms with Gasteiger partial charge in [-0.3, -0.25) is 0 Å². The number of nitrogens with zero attached hydrogens (tertiary/aromatic N) is 3. The van der Waals surface area contributed by atoms with Crippen molar-refractivity contribution in [3.8, 4) is 45.3 Å². The number of benzene rings is 6. The summed E-state index contributed by atoms with van der Waals surface area (Å²) in [4.78, 5) is 17.3. The van der Waals surface area contributed by atoms with Crippen molar-refractivity contribution in [1.82, 2.24) is 15.0 Å². The number of fused-ring (bicyclic) bond motifs is 1. The zero-order valence-corrected chi connectivity index (χ0v) is 25.9. The molecule has 0 spiro atoms. The van der Waals surface area contributed by atoms with Crippen LogP contribution in [0.1, 0.15) is 11.1 Å². The SMILES string of the molecule is c1ccc(-c2nc(-c3ccccc3)nc(-c3ccc(-c4cccc5c4SC(c4ccccc4)(c4ccccc4)S5)cc3)n2)cc1. The van der Waals surface area contributed by atoms with Gasteiger partial charge in [0.25, 0.3) is 0 Å². The van der Waals surface area contributed by atoms with Gasteiger partial charge in [-0.25, -0.2) is 15.0 Å². The van der Waals surface area contributed by atoms with Crippen molar-refractivity contribution in [3.05, 3.63) is 175 Å². The van der Waals surface area contributed by atoms with Crippen molar-refractivity contribution in [2.45, 2.75) is 13.9 Å². The molecule has 6 aromatic carbocycles. The van der Waals surface area contributed by atoms with E-state index in [9.17, 15) is 0 Å². The molecule has 0 fully saturated rings. The highest BCUT2D eigenvalue weighted by molar-refractivity contribution is 8.20. The van der Waals surface area contributed by atoms with Crippen molar-refractivity contribution in [2.24, 2.45) is 0 Å². The van der Waals surface area contributed by atoms with E-state index in [1.54, 1.807) is 0 Å². The fourth-order valence-electron chi connectivity index (χ4n) is 5.70. The minimum Gasteiger partial charge on any atom is -0.208 e. The summed E-state index contributed by atoms with van der Waals surface area (Å²) in [6, 6.07) is 57.2. The zero-order valence-electron chi connectivity index (χ0n) is 24.2. The molecule has 1 aliphatic rings. The largest absolute Gasteiger partial charge is 0.208 e. The second-order valence-corrected chi connectivity index (χ2v) is 13.5. The molecule has 5 heteroatoms. The number of aromatic nitrogens is 3. The average Bonchev–Trinajstić information content (AvgIpc) is 3.54. The summed E-state index contributed by atoms with van der Waals surface area (Å²) in [7, 11) is 0. The van der Waals surface area contributed by atoms with E-state index in [1.807, 2.05) is 84.2 Å². The van der Waals surface area contributed by atoms with Gasteiger partial charge in [-0.2, -0.15) is 0 Å². The molecule has 0 saturated carbocycles. The summed E-state index contributed by atoms with van der Waals surface area (Å²) in [5.41, 5.74) is 7.86. The second-order valence-electron chi connectivity index (χ2n) is 10.8. The van der Waals surface area contributed by atoms with Crippen LogP contribution in [0, 0.1) is 0 Å². The molecule has 0 radical (unpaired) electrons. The van der Waals surface area contributed by atoms with E-state index >= 15 is 0 Å². The first-order chi connectivity index (χ1) is 22.3. The summed E-state index contributed by atoms with van der Waals surface area (Å²) in [6.45, 7) is 0. The zero-order chi connectivity index (χ0) is 30.1. The Kier molecular flexibility index (Phi) is 7.26. The maximum atomic E-state index is 4.92. The Morgan fingerprint density at radius 2 is 0.778 bits per heavy atom. The first kappa shape index (κ1) is 27.6. The van der Waals surface area contributed by atoms with Crippen molar-refractivity contribution >= 4 is 23.5 Å². The molecule has 2 heterocycles. The minimum absolute atomic E-state index is 0.256. The van der Waals surface area contributed by atoms with Gasteiger partial charge in [-0.05, 0) is 28.3 Å². The van der Waals surface area contributed by atoms with Gasteiger partial charge >= 0.3 is 0 Å². The van der Waals surface area contributed by atoms with Crippen LogP contribution in [0.25, 0.3) is 45.3 Å². The van der Waals surface area contributed by atoms with E-state index in [0.717, 1.165) is 16.7 Å². The maximum Gasteiger partial charge on any atom is 0.164 e. The maximum absolute atomic E-state index is 4.92. The van der Waals surface area contributed by atoms with Crippen LogP contribution in [-0.2, 0) is 4.08 Å². The highest BCUT2D eigenvalue weighted by atomic mass is 32.2. The molecule has 0 unspecified atom stereocenters. The first-order valence-corrected chi connectivity index (χ1v) is 16.5. The molecule has 0 aliphatic carbocycles. The van der Waals surface area contributed by atoms with E-state index in [1.165, 1.54) is 32.0 Å². The molecule has 0 saturated heterocycles. The Balaban J connectivity index is 1.18. The van der Waals surface area contributed by atoms with Crippen LogP contribution in [0.15, 0.2) is 174 Å². The topological polar surface area (TPSA) is 38.7 Å². The Morgan fingerprint density at radius 1 is 0.356 bits per heavy atom. The summed E-state index contributed by atoms with van der Waals surface area (Å²) in [5.74, 6) is 1.98. The molecule has 1 aliphatic heterocycles. The minimum atomic E-state index is -0.256. The first-order valence-electron chi connectivity index (χ1n) is 14.9. The van der Waals surface area contributed by atoms with Gasteiger partial charge in [0.2, 0.25) is 0 Å². The van der Waals surface area contributed by atoms with Crippen LogP contribution in [0.5, 0.6) is 0 Å². The third-order valence-corrected chi connectivity index (χ3v) is 11.3. The standard InChI is InChI=1S/C40H27N3S2/c1-5-14-29(15-6-1)37-41-38(30-16-7-2-8-17-30)43-39(42-37)31-26-24-28(25-27-31)34-22-13-23-35-36(34)45-40(44-35,32-18-9-3-10-19-32)33-20-11-4-12-21-33/h1-27H. The fraction of sp³-hybridized carbons (Fsp3) is 0.0250. The molecule has 0 atom stereocenters. The molecule has 1 aromatic heterocycles. The Bertz CT molecular complexity index is 1990. The van der Waals surface area contributed by atoms with Crippen molar-refractivity contribution in [1.29, 1.82) is 0 Å². The van der Waals surface area contributed by atoms with Gasteiger partial charge in [0.15, 0.2) is 17.5 Å². The number of hydrogen-bond acceptors (Lipinski definition) is 5. The van der Waals surface area contributed by atoms with Gasteiger partial charge in [0.1, 0.15) is 4.08 Å². The third-order valence-electron chi connectivity index (χ3n) is 7.94. The number of thioether (sulfide) groups is 2. The van der Waals surface area contributed by atoms with Gasteiger partial charge in [0, 0.05) is 26.5 Å². The summed E-state index contributed by atoms with van der Waals surface area (Å²) < 4.78 is -0.256. The van der Waals surface area contributed by atoms with Gasteiger partial charge in [0.05, 0.1) is 0 Å². The molecular weight excluding hydrogens is 587 g/mol. The van der Waals surface area contributed by atoms with Crippen LogP contribution >= 0.6 is 23.5 Å². The molecule has 0 amide bonds. The van der Waals surface area contributed by atoms with Crippen LogP contribution in [0.4, 0.5) is 0 Å². The van der Waals surface area contributed by atoms with Gasteiger partial charge < -0.3 is 0 Å². The Morgan fingerprint density at radius 3 is 1.27 bits per heavy atom. The average molecular weight is 614 g/mol. The van der Waals surface area contributed by atoms with Gasteiger partial charge in [-0.15, -0.1) is 0 Å². The van der Waals surface area contributed by atoms with Crippen molar-refractivity contribution in [2.75, 3.05) is 0 Å². The van der Waals surface area contributed by atoms with E-state index in [0.29, 0.717) is 17.5 Å². The summed E-state index contributed by atoms with van der Waals surface area (Å²) in [5, 5.41) is 0. The highest BCUT2D eigenvalue weighted by Gasteiger charge is 2.43. The molecule has 8 rings (SSSR count). The van der Waals surface area contributed by atoms with Gasteiger partial charge in [-0.1, -0.05) is 181 Å². The number of hydrogen-bond donors (Lipinski definition) is 0. The Labute approximate surface area is 271 Å². The summed E-state index contributed by atoms with van der Waals surface area (Å²) in [6.07, 6.45) is 0. The van der Waals surface area contributed by atoms with E-state index in [-0.39, 0.29) is 4.08 Å². The molecular formula is C40H27N3S2. The van der Waals surface area contributed by atoms with Crippen molar-refractivity contribution < 1.29 is 0 Å². The van der Waals surface area contributed by atoms with Crippen LogP contribution in [0.3, 0.4) is 0 Å². The number of rotatable bonds is 6. The van der Waals surface area contributed by atoms with E-state index < -0.39 is 0 Å². The molecule has 45 heavy (non-hydrogen) atoms. The normalized spacial score (nSPS) is 13.3. The lowest BCUT2D eigenvalue weighted by molar-refractivity contribution is 1.07. The van der Waals surface area contributed by atoms with Crippen LogP contribution < -0.4 is 0 Å². The molecule has 214 valence electrons. The van der Waals surface area contributed by atoms with E-state index in [4.69, 9.17) is 15.0 Å². The lowest BCUT2D eigenvalue weighted by Gasteiger charge is -2.28. The predicted octanol–water partition coefficient (Wildman–Crippen LogP) is 10.6. The van der Waals surface area contributed by atoms with E-state index in [2.05, 4.69) is 103 Å². The Hall–Kier alpha value is -4.97. The van der Waals surface area contributed by atoms with Crippen LogP contribution in [0.2, 0.25) is 0 Å².